The monoisotopic (exact) mass is 405 g/mol. The third-order valence-corrected chi connectivity index (χ3v) is 6.72. The number of likely N-dealkylation sites (tertiary alicyclic amines) is 1. The number of hydrogen-bond donors (Lipinski definition) is 3. The molecule has 3 aliphatic heterocycles. The SMILES string of the molecule is CC[C@@H](C)N1C(=O)[C@@H]2[C@@H]([C@H](C)O)N[C@]3(C(=O)Nc4c(C)cc(Cl)cc43)[C@@H]2C1=O. The largest absolute Gasteiger partial charge is 0.392 e. The van der Waals surface area contributed by atoms with Crippen LogP contribution in [-0.4, -0.2) is 45.9 Å². The maximum absolute atomic E-state index is 13.4. The Balaban J connectivity index is 1.94. The summed E-state index contributed by atoms with van der Waals surface area (Å²) in [5.41, 5.74) is 0.524. The molecule has 0 saturated carbocycles. The van der Waals surface area contributed by atoms with Gasteiger partial charge in [0, 0.05) is 28.4 Å². The molecule has 2 fully saturated rings. The highest BCUT2D eigenvalue weighted by Crippen LogP contribution is 2.54. The van der Waals surface area contributed by atoms with Gasteiger partial charge in [0.1, 0.15) is 5.54 Å². The molecular weight excluding hydrogens is 382 g/mol. The molecule has 3 aliphatic rings. The van der Waals surface area contributed by atoms with Crippen LogP contribution >= 0.6 is 11.6 Å². The summed E-state index contributed by atoms with van der Waals surface area (Å²) in [7, 11) is 0. The van der Waals surface area contributed by atoms with Crippen LogP contribution in [0.4, 0.5) is 5.69 Å². The number of aryl methyl sites for hydroxylation is 1. The number of carbonyl (C=O) groups is 3. The van der Waals surface area contributed by atoms with Crippen LogP contribution in [0.3, 0.4) is 0 Å². The van der Waals surface area contributed by atoms with Gasteiger partial charge in [0.2, 0.25) is 17.7 Å². The Morgan fingerprint density at radius 3 is 2.54 bits per heavy atom. The van der Waals surface area contributed by atoms with Gasteiger partial charge < -0.3 is 10.4 Å². The van der Waals surface area contributed by atoms with Crippen LogP contribution < -0.4 is 10.6 Å². The van der Waals surface area contributed by atoms with E-state index in [1.54, 1.807) is 19.1 Å². The summed E-state index contributed by atoms with van der Waals surface area (Å²) in [4.78, 5) is 41.1. The second kappa shape index (κ2) is 6.27. The maximum Gasteiger partial charge on any atom is 0.250 e. The van der Waals surface area contributed by atoms with Gasteiger partial charge in [-0.1, -0.05) is 18.5 Å². The lowest BCUT2D eigenvalue weighted by Crippen LogP contribution is -2.55. The molecule has 0 aromatic heterocycles. The Labute approximate surface area is 168 Å². The molecule has 0 radical (unpaired) electrons. The molecule has 1 aromatic rings. The predicted octanol–water partition coefficient (Wildman–Crippen LogP) is 1.55. The molecule has 3 N–H and O–H groups in total. The lowest BCUT2D eigenvalue weighted by atomic mass is 9.76. The van der Waals surface area contributed by atoms with Crippen LogP contribution in [0, 0.1) is 18.8 Å². The van der Waals surface area contributed by atoms with Crippen molar-refractivity contribution in [3.05, 3.63) is 28.3 Å². The molecule has 3 amide bonds. The summed E-state index contributed by atoms with van der Waals surface area (Å²) < 4.78 is 0. The van der Waals surface area contributed by atoms with Crippen molar-refractivity contribution < 1.29 is 19.5 Å². The first-order valence-corrected chi connectivity index (χ1v) is 9.97. The standard InChI is InChI=1S/C20H24ClN3O4/c1-5-9(3)24-17(26)13-14(18(24)27)20(23-16(13)10(4)25)12-7-11(21)6-8(2)15(12)22-19(20)28/h6-7,9-10,13-14,16,23,25H,5H2,1-4H3,(H,22,28)/t9-,10+,13+,14+,16-,20+/m1/s1. The molecule has 8 heteroatoms. The Bertz CT molecular complexity index is 902. The summed E-state index contributed by atoms with van der Waals surface area (Å²) in [5, 5.41) is 16.9. The highest BCUT2D eigenvalue weighted by Gasteiger charge is 2.71. The molecular formula is C20H24ClN3O4. The van der Waals surface area contributed by atoms with Crippen LogP contribution in [0.25, 0.3) is 0 Å². The molecule has 0 bridgehead atoms. The predicted molar refractivity (Wildman–Crippen MR) is 104 cm³/mol. The van der Waals surface area contributed by atoms with E-state index in [-0.39, 0.29) is 17.9 Å². The molecule has 7 nitrogen and oxygen atoms in total. The molecule has 1 spiro atoms. The van der Waals surface area contributed by atoms with Gasteiger partial charge in [-0.15, -0.1) is 0 Å². The number of carbonyl (C=O) groups excluding carboxylic acids is 3. The fourth-order valence-electron chi connectivity index (χ4n) is 5.02. The van der Waals surface area contributed by atoms with Crippen LogP contribution in [-0.2, 0) is 19.9 Å². The third-order valence-electron chi connectivity index (χ3n) is 6.51. The molecule has 6 atom stereocenters. The highest BCUT2D eigenvalue weighted by atomic mass is 35.5. The van der Waals surface area contributed by atoms with Crippen LogP contribution in [0.5, 0.6) is 0 Å². The second-order valence-electron chi connectivity index (χ2n) is 8.13. The van der Waals surface area contributed by atoms with E-state index in [2.05, 4.69) is 10.6 Å². The molecule has 150 valence electrons. The number of amides is 3. The number of imide groups is 1. The van der Waals surface area contributed by atoms with Gasteiger partial charge in [0.25, 0.3) is 0 Å². The molecule has 4 rings (SSSR count). The Hall–Kier alpha value is -1.96. The van der Waals surface area contributed by atoms with Gasteiger partial charge in [0.15, 0.2) is 0 Å². The van der Waals surface area contributed by atoms with Crippen LogP contribution in [0.15, 0.2) is 12.1 Å². The summed E-state index contributed by atoms with van der Waals surface area (Å²) in [5.74, 6) is -2.83. The Kier molecular flexibility index (Phi) is 4.34. The van der Waals surface area contributed by atoms with E-state index < -0.39 is 35.4 Å². The van der Waals surface area contributed by atoms with E-state index in [1.165, 1.54) is 4.90 Å². The van der Waals surface area contributed by atoms with E-state index in [0.717, 1.165) is 5.56 Å². The molecule has 0 aliphatic carbocycles. The quantitative estimate of drug-likeness (QED) is 0.663. The summed E-state index contributed by atoms with van der Waals surface area (Å²) in [6, 6.07) is 2.42. The van der Waals surface area contributed by atoms with Crippen LogP contribution in [0.2, 0.25) is 5.02 Å². The zero-order valence-corrected chi connectivity index (χ0v) is 17.0. The minimum atomic E-state index is -1.42. The fourth-order valence-corrected chi connectivity index (χ4v) is 5.29. The lowest BCUT2D eigenvalue weighted by Gasteiger charge is -2.31. The average molecular weight is 406 g/mol. The van der Waals surface area contributed by atoms with Crippen molar-refractivity contribution in [2.75, 3.05) is 5.32 Å². The average Bonchev–Trinajstić information content (AvgIpc) is 3.21. The second-order valence-corrected chi connectivity index (χ2v) is 8.56. The summed E-state index contributed by atoms with van der Waals surface area (Å²) >= 11 is 6.27. The number of benzene rings is 1. The normalized spacial score (nSPS) is 33.3. The molecule has 1 aromatic carbocycles. The van der Waals surface area contributed by atoms with E-state index >= 15 is 0 Å². The number of fused-ring (bicyclic) bond motifs is 4. The van der Waals surface area contributed by atoms with Crippen molar-refractivity contribution in [1.82, 2.24) is 10.2 Å². The molecule has 0 unspecified atom stereocenters. The van der Waals surface area contributed by atoms with Crippen molar-refractivity contribution in [2.24, 2.45) is 11.8 Å². The van der Waals surface area contributed by atoms with Crippen molar-refractivity contribution >= 4 is 35.0 Å². The number of nitrogens with zero attached hydrogens (tertiary/aromatic N) is 1. The van der Waals surface area contributed by atoms with E-state index in [9.17, 15) is 19.5 Å². The first-order chi connectivity index (χ1) is 13.1. The Morgan fingerprint density at radius 1 is 1.25 bits per heavy atom. The number of aliphatic hydroxyl groups excluding tert-OH is 1. The lowest BCUT2D eigenvalue weighted by molar-refractivity contribution is -0.145. The number of nitrogens with one attached hydrogen (secondary N) is 2. The van der Waals surface area contributed by atoms with Crippen molar-refractivity contribution in [3.63, 3.8) is 0 Å². The van der Waals surface area contributed by atoms with Gasteiger partial charge in [-0.25, -0.2) is 0 Å². The van der Waals surface area contributed by atoms with Gasteiger partial charge in [0.05, 0.1) is 17.9 Å². The van der Waals surface area contributed by atoms with Gasteiger partial charge in [-0.05, 0) is 44.9 Å². The van der Waals surface area contributed by atoms with Gasteiger partial charge >= 0.3 is 0 Å². The number of anilines is 1. The number of rotatable bonds is 3. The summed E-state index contributed by atoms with van der Waals surface area (Å²) in [6.07, 6.45) is -0.303. The Morgan fingerprint density at radius 2 is 1.93 bits per heavy atom. The van der Waals surface area contributed by atoms with E-state index in [0.29, 0.717) is 22.7 Å². The number of hydrogen-bond acceptors (Lipinski definition) is 5. The molecule has 2 saturated heterocycles. The topological polar surface area (TPSA) is 98.7 Å². The first kappa shape index (κ1) is 19.4. The van der Waals surface area contributed by atoms with Crippen molar-refractivity contribution in [1.29, 1.82) is 0 Å². The minimum Gasteiger partial charge on any atom is -0.392 e. The highest BCUT2D eigenvalue weighted by molar-refractivity contribution is 6.31. The number of halogens is 1. The minimum absolute atomic E-state index is 0.276. The maximum atomic E-state index is 13.4. The third kappa shape index (κ3) is 2.27. The summed E-state index contributed by atoms with van der Waals surface area (Å²) in [6.45, 7) is 7.11. The number of aliphatic hydroxyl groups is 1. The van der Waals surface area contributed by atoms with Crippen LogP contribution in [0.1, 0.15) is 38.3 Å². The van der Waals surface area contributed by atoms with Crippen molar-refractivity contribution in [3.8, 4) is 0 Å². The van der Waals surface area contributed by atoms with Gasteiger partial charge in [-0.3, -0.25) is 24.6 Å². The van der Waals surface area contributed by atoms with E-state index in [4.69, 9.17) is 11.6 Å². The first-order valence-electron chi connectivity index (χ1n) is 9.59. The van der Waals surface area contributed by atoms with Gasteiger partial charge in [-0.2, -0.15) is 0 Å². The smallest absolute Gasteiger partial charge is 0.250 e. The zero-order chi connectivity index (χ0) is 20.5. The molecule has 28 heavy (non-hydrogen) atoms. The zero-order valence-electron chi connectivity index (χ0n) is 16.2. The fraction of sp³-hybridized carbons (Fsp3) is 0.550. The molecule has 3 heterocycles. The van der Waals surface area contributed by atoms with Crippen molar-refractivity contribution in [2.45, 2.75) is 57.8 Å². The van der Waals surface area contributed by atoms with E-state index in [1.807, 2.05) is 20.8 Å².